The second-order valence-corrected chi connectivity index (χ2v) is 11.2. The lowest BCUT2D eigenvalue weighted by molar-refractivity contribution is 0.1000. The van der Waals surface area contributed by atoms with Crippen molar-refractivity contribution < 1.29 is 18.0 Å². The largest absolute Gasteiger partial charge is 0.365 e. The van der Waals surface area contributed by atoms with E-state index < -0.39 is 21.8 Å². The van der Waals surface area contributed by atoms with Crippen LogP contribution in [-0.4, -0.2) is 20.2 Å². The zero-order valence-electron chi connectivity index (χ0n) is 18.3. The van der Waals surface area contributed by atoms with Crippen molar-refractivity contribution in [3.63, 3.8) is 0 Å². The summed E-state index contributed by atoms with van der Waals surface area (Å²) in [5.74, 6) is -0.490. The smallest absolute Gasteiger partial charge is 0.261 e. The fourth-order valence-corrected chi connectivity index (χ4v) is 6.39. The minimum atomic E-state index is -3.80. The van der Waals surface area contributed by atoms with Gasteiger partial charge in [0.25, 0.3) is 21.8 Å². The van der Waals surface area contributed by atoms with E-state index in [4.69, 9.17) is 5.73 Å². The van der Waals surface area contributed by atoms with E-state index in [-0.39, 0.29) is 16.1 Å². The van der Waals surface area contributed by atoms with Crippen LogP contribution >= 0.6 is 11.3 Å². The quantitative estimate of drug-likeness (QED) is 0.483. The van der Waals surface area contributed by atoms with Crippen molar-refractivity contribution in [3.05, 3.63) is 75.7 Å². The Morgan fingerprint density at radius 3 is 2.55 bits per heavy atom. The van der Waals surface area contributed by atoms with Gasteiger partial charge in [0.15, 0.2) is 0 Å². The molecule has 7 nitrogen and oxygen atoms in total. The summed E-state index contributed by atoms with van der Waals surface area (Å²) in [6.45, 7) is 4.04. The van der Waals surface area contributed by atoms with Gasteiger partial charge in [-0.25, -0.2) is 8.42 Å². The van der Waals surface area contributed by atoms with Crippen LogP contribution in [0.4, 0.5) is 10.7 Å². The van der Waals surface area contributed by atoms with Crippen molar-refractivity contribution >= 4 is 43.9 Å². The normalized spacial score (nSPS) is 15.5. The van der Waals surface area contributed by atoms with E-state index in [1.54, 1.807) is 30.3 Å². The Morgan fingerprint density at radius 1 is 1.12 bits per heavy atom. The minimum absolute atomic E-state index is 0.132. The molecule has 0 bridgehead atoms. The van der Waals surface area contributed by atoms with Gasteiger partial charge in [-0.2, -0.15) is 0 Å². The first-order valence-electron chi connectivity index (χ1n) is 10.6. The number of hydrogen-bond donors (Lipinski definition) is 3. The van der Waals surface area contributed by atoms with E-state index in [1.165, 1.54) is 29.5 Å². The molecule has 0 radical (unpaired) electrons. The third-order valence-corrected chi connectivity index (χ3v) is 8.26. The summed E-state index contributed by atoms with van der Waals surface area (Å²) in [5, 5.41) is 3.25. The van der Waals surface area contributed by atoms with Gasteiger partial charge >= 0.3 is 0 Å². The van der Waals surface area contributed by atoms with E-state index in [9.17, 15) is 18.0 Å². The van der Waals surface area contributed by atoms with Crippen LogP contribution in [0.3, 0.4) is 0 Å². The van der Waals surface area contributed by atoms with Crippen LogP contribution in [0.2, 0.25) is 0 Å². The van der Waals surface area contributed by atoms with Gasteiger partial charge in [0, 0.05) is 16.1 Å². The lowest BCUT2D eigenvalue weighted by Crippen LogP contribution is -2.19. The number of sulfonamides is 1. The lowest BCUT2D eigenvalue weighted by Gasteiger charge is -2.18. The molecule has 4 rings (SSSR count). The third-order valence-electron chi connectivity index (χ3n) is 5.69. The predicted molar refractivity (Wildman–Crippen MR) is 130 cm³/mol. The highest BCUT2D eigenvalue weighted by Gasteiger charge is 2.27. The Hall–Kier alpha value is -3.17. The number of carbonyl (C=O) groups excluding carboxylic acids is 2. The number of nitrogens with two attached hydrogens (primary N) is 1. The third kappa shape index (κ3) is 4.94. The van der Waals surface area contributed by atoms with Crippen molar-refractivity contribution in [1.29, 1.82) is 0 Å². The Morgan fingerprint density at radius 2 is 1.85 bits per heavy atom. The first kappa shape index (κ1) is 23.0. The van der Waals surface area contributed by atoms with Crippen LogP contribution in [0.25, 0.3) is 0 Å². The molecular formula is C24H25N3O4S2. The monoisotopic (exact) mass is 483 g/mol. The van der Waals surface area contributed by atoms with Gasteiger partial charge in [0.2, 0.25) is 0 Å². The fraction of sp³-hybridized carbons (Fsp3) is 0.250. The van der Waals surface area contributed by atoms with E-state index >= 15 is 0 Å². The Kier molecular flexibility index (Phi) is 6.27. The molecule has 172 valence electrons. The molecule has 0 aliphatic heterocycles. The number of aryl methyl sites for hydroxylation is 1. The standard InChI is InChI=1S/C24H25N3O4S2/c1-14-6-9-18(10-7-14)33(30,31)27-17-5-3-4-16(13-17)23(29)26-24-21(22(25)28)19-11-8-15(2)12-20(19)32-24/h3-7,9-10,13,15,27H,8,11-12H2,1-2H3,(H2,25,28)(H,26,29). The number of hydrogen-bond acceptors (Lipinski definition) is 5. The van der Waals surface area contributed by atoms with E-state index in [2.05, 4.69) is 17.0 Å². The van der Waals surface area contributed by atoms with Gasteiger partial charge < -0.3 is 11.1 Å². The molecule has 4 N–H and O–H groups in total. The van der Waals surface area contributed by atoms with Crippen LogP contribution in [0, 0.1) is 12.8 Å². The maximum Gasteiger partial charge on any atom is 0.261 e. The molecule has 1 aliphatic rings. The van der Waals surface area contributed by atoms with Crippen LogP contribution in [0.15, 0.2) is 53.4 Å². The first-order chi connectivity index (χ1) is 15.6. The summed E-state index contributed by atoms with van der Waals surface area (Å²) >= 11 is 1.39. The number of primary amides is 1. The highest BCUT2D eigenvalue weighted by Crippen LogP contribution is 2.39. The number of carbonyl (C=O) groups is 2. The SMILES string of the molecule is Cc1ccc(S(=O)(=O)Nc2cccc(C(=O)Nc3sc4c(c3C(N)=O)CCC(C)C4)c2)cc1. The molecule has 1 unspecified atom stereocenters. The van der Waals surface area contributed by atoms with Crippen molar-refractivity contribution in [1.82, 2.24) is 0 Å². The molecule has 0 saturated carbocycles. The van der Waals surface area contributed by atoms with Gasteiger partial charge in [-0.3, -0.25) is 14.3 Å². The van der Waals surface area contributed by atoms with E-state index in [0.29, 0.717) is 16.5 Å². The Balaban J connectivity index is 1.57. The van der Waals surface area contributed by atoms with Gasteiger partial charge in [0.05, 0.1) is 10.5 Å². The summed E-state index contributed by atoms with van der Waals surface area (Å²) in [6, 6.07) is 12.7. The molecule has 3 aromatic rings. The number of benzene rings is 2. The summed E-state index contributed by atoms with van der Waals surface area (Å²) in [4.78, 5) is 26.3. The molecule has 0 spiro atoms. The molecule has 0 fully saturated rings. The Labute approximate surface area is 197 Å². The molecule has 1 atom stereocenters. The molecule has 9 heteroatoms. The second kappa shape index (κ2) is 8.99. The molecule has 1 aromatic heterocycles. The summed E-state index contributed by atoms with van der Waals surface area (Å²) in [5.41, 5.74) is 8.41. The van der Waals surface area contributed by atoms with Crippen LogP contribution in [-0.2, 0) is 22.9 Å². The molecule has 2 aromatic carbocycles. The summed E-state index contributed by atoms with van der Waals surface area (Å²) < 4.78 is 27.9. The van der Waals surface area contributed by atoms with Crippen molar-refractivity contribution in [2.24, 2.45) is 11.7 Å². The molecule has 1 aliphatic carbocycles. The second-order valence-electron chi connectivity index (χ2n) is 8.37. The number of anilines is 2. The van der Waals surface area contributed by atoms with Gasteiger partial charge in [-0.05, 0) is 68.0 Å². The summed E-state index contributed by atoms with van der Waals surface area (Å²) in [7, 11) is -3.80. The lowest BCUT2D eigenvalue weighted by atomic mass is 9.88. The van der Waals surface area contributed by atoms with Crippen LogP contribution < -0.4 is 15.8 Å². The zero-order valence-corrected chi connectivity index (χ0v) is 20.0. The van der Waals surface area contributed by atoms with E-state index in [0.717, 1.165) is 35.3 Å². The molecule has 2 amide bonds. The maximum absolute atomic E-state index is 13.0. The average Bonchev–Trinajstić information content (AvgIpc) is 3.11. The number of nitrogens with one attached hydrogen (secondary N) is 2. The Bertz CT molecular complexity index is 1330. The minimum Gasteiger partial charge on any atom is -0.365 e. The maximum atomic E-state index is 13.0. The van der Waals surface area contributed by atoms with Crippen molar-refractivity contribution in [2.45, 2.75) is 38.0 Å². The molecule has 1 heterocycles. The topological polar surface area (TPSA) is 118 Å². The highest BCUT2D eigenvalue weighted by molar-refractivity contribution is 7.92. The van der Waals surface area contributed by atoms with Crippen molar-refractivity contribution in [3.8, 4) is 0 Å². The fourth-order valence-electron chi connectivity index (χ4n) is 3.93. The van der Waals surface area contributed by atoms with Crippen LogP contribution in [0.5, 0.6) is 0 Å². The highest BCUT2D eigenvalue weighted by atomic mass is 32.2. The number of fused-ring (bicyclic) bond motifs is 1. The molecule has 33 heavy (non-hydrogen) atoms. The first-order valence-corrected chi connectivity index (χ1v) is 12.9. The number of amides is 2. The van der Waals surface area contributed by atoms with E-state index in [1.807, 2.05) is 6.92 Å². The number of thiophene rings is 1. The predicted octanol–water partition coefficient (Wildman–Crippen LogP) is 4.33. The van der Waals surface area contributed by atoms with Crippen LogP contribution in [0.1, 0.15) is 50.1 Å². The summed E-state index contributed by atoms with van der Waals surface area (Å²) in [6.07, 6.45) is 2.59. The molecular weight excluding hydrogens is 458 g/mol. The van der Waals surface area contributed by atoms with Gasteiger partial charge in [0.1, 0.15) is 5.00 Å². The van der Waals surface area contributed by atoms with Crippen molar-refractivity contribution in [2.75, 3.05) is 10.0 Å². The van der Waals surface area contributed by atoms with Gasteiger partial charge in [-0.1, -0.05) is 30.7 Å². The average molecular weight is 484 g/mol. The van der Waals surface area contributed by atoms with Gasteiger partial charge in [-0.15, -0.1) is 11.3 Å². The zero-order chi connectivity index (χ0) is 23.8. The molecule has 0 saturated heterocycles. The number of rotatable bonds is 6.